The zero-order valence-corrected chi connectivity index (χ0v) is 18.7. The zero-order valence-electron chi connectivity index (χ0n) is 16.4. The number of nitrogens with zero attached hydrogens (tertiary/aromatic N) is 5. The van der Waals surface area contributed by atoms with Gasteiger partial charge in [0.15, 0.2) is 5.96 Å². The van der Waals surface area contributed by atoms with Crippen molar-refractivity contribution in [1.29, 1.82) is 0 Å². The van der Waals surface area contributed by atoms with Crippen molar-refractivity contribution in [2.45, 2.75) is 25.8 Å². The number of aromatic nitrogens is 3. The van der Waals surface area contributed by atoms with Crippen LogP contribution in [0.25, 0.3) is 10.9 Å². The molecule has 6 nitrogen and oxygen atoms in total. The first kappa shape index (κ1) is 20.6. The molecule has 1 aromatic carbocycles. The monoisotopic (exact) mass is 490 g/mol. The smallest absolute Gasteiger partial charge is 0.194 e. The number of rotatable bonds is 4. The molecule has 2 aromatic heterocycles. The summed E-state index contributed by atoms with van der Waals surface area (Å²) in [6.45, 7) is 5.60. The molecule has 1 fully saturated rings. The third kappa shape index (κ3) is 4.45. The minimum Gasteiger partial charge on any atom is -0.357 e. The lowest BCUT2D eigenvalue weighted by atomic mass is 10.0. The molecule has 148 valence electrons. The van der Waals surface area contributed by atoms with Gasteiger partial charge in [-0.3, -0.25) is 9.67 Å². The third-order valence-corrected chi connectivity index (χ3v) is 5.13. The fourth-order valence-corrected chi connectivity index (χ4v) is 3.76. The number of halogens is 1. The van der Waals surface area contributed by atoms with Crippen molar-refractivity contribution in [3.63, 3.8) is 0 Å². The van der Waals surface area contributed by atoms with Gasteiger partial charge >= 0.3 is 0 Å². The molecular weight excluding hydrogens is 463 g/mol. The Balaban J connectivity index is 0.00000225. The molecule has 1 saturated heterocycles. The zero-order chi connectivity index (χ0) is 18.6. The SMILES string of the molecule is CCNC(=NCc1cccc2cccnc12)N1CCC(c2cnn(C)c2)C1.I. The molecule has 3 heterocycles. The van der Waals surface area contributed by atoms with E-state index in [4.69, 9.17) is 4.99 Å². The molecule has 1 N–H and O–H groups in total. The van der Waals surface area contributed by atoms with Crippen LogP contribution in [0.5, 0.6) is 0 Å². The second kappa shape index (κ2) is 9.36. The lowest BCUT2D eigenvalue weighted by Crippen LogP contribution is -2.40. The summed E-state index contributed by atoms with van der Waals surface area (Å²) in [6.07, 6.45) is 7.09. The van der Waals surface area contributed by atoms with Gasteiger partial charge < -0.3 is 10.2 Å². The van der Waals surface area contributed by atoms with Gasteiger partial charge in [-0.1, -0.05) is 24.3 Å². The summed E-state index contributed by atoms with van der Waals surface area (Å²) >= 11 is 0. The number of hydrogen-bond acceptors (Lipinski definition) is 3. The average Bonchev–Trinajstić information content (AvgIpc) is 3.34. The molecule has 0 spiro atoms. The summed E-state index contributed by atoms with van der Waals surface area (Å²) in [5.74, 6) is 1.50. The number of fused-ring (bicyclic) bond motifs is 1. The number of pyridine rings is 1. The summed E-state index contributed by atoms with van der Waals surface area (Å²) in [6, 6.07) is 10.4. The largest absolute Gasteiger partial charge is 0.357 e. The van der Waals surface area contributed by atoms with E-state index in [2.05, 4.69) is 57.7 Å². The molecule has 0 amide bonds. The summed E-state index contributed by atoms with van der Waals surface area (Å²) in [5.41, 5.74) is 3.51. The second-order valence-corrected chi connectivity index (χ2v) is 7.04. The van der Waals surface area contributed by atoms with Crippen LogP contribution in [0, 0.1) is 0 Å². The van der Waals surface area contributed by atoms with E-state index in [-0.39, 0.29) is 24.0 Å². The maximum absolute atomic E-state index is 4.92. The van der Waals surface area contributed by atoms with Gasteiger partial charge in [-0.05, 0) is 30.5 Å². The number of benzene rings is 1. The fourth-order valence-electron chi connectivity index (χ4n) is 3.76. The van der Waals surface area contributed by atoms with E-state index in [0.717, 1.165) is 48.5 Å². The van der Waals surface area contributed by atoms with Crippen LogP contribution < -0.4 is 5.32 Å². The van der Waals surface area contributed by atoms with Gasteiger partial charge in [0.1, 0.15) is 0 Å². The van der Waals surface area contributed by atoms with Crippen LogP contribution in [0.4, 0.5) is 0 Å². The Labute approximate surface area is 183 Å². The van der Waals surface area contributed by atoms with Gasteiger partial charge in [0.05, 0.1) is 18.3 Å². The highest BCUT2D eigenvalue weighted by molar-refractivity contribution is 14.0. The number of nitrogens with one attached hydrogen (secondary N) is 1. The lowest BCUT2D eigenvalue weighted by Gasteiger charge is -2.21. The fraction of sp³-hybridized carbons (Fsp3) is 0.381. The molecule has 0 bridgehead atoms. The molecule has 0 saturated carbocycles. The van der Waals surface area contributed by atoms with Crippen LogP contribution in [-0.4, -0.2) is 45.3 Å². The second-order valence-electron chi connectivity index (χ2n) is 7.04. The molecule has 1 unspecified atom stereocenters. The van der Waals surface area contributed by atoms with E-state index in [1.807, 2.05) is 30.2 Å². The molecule has 0 radical (unpaired) electrons. The Bertz CT molecular complexity index is 945. The Hall–Kier alpha value is -2.16. The van der Waals surface area contributed by atoms with Crippen molar-refractivity contribution in [2.24, 2.45) is 12.0 Å². The number of likely N-dealkylation sites (tertiary alicyclic amines) is 1. The maximum atomic E-state index is 4.92. The highest BCUT2D eigenvalue weighted by Crippen LogP contribution is 2.27. The number of guanidine groups is 1. The van der Waals surface area contributed by atoms with Crippen LogP contribution in [-0.2, 0) is 13.6 Å². The van der Waals surface area contributed by atoms with Crippen LogP contribution in [0.3, 0.4) is 0 Å². The summed E-state index contributed by atoms with van der Waals surface area (Å²) < 4.78 is 1.88. The van der Waals surface area contributed by atoms with Crippen LogP contribution >= 0.6 is 24.0 Å². The van der Waals surface area contributed by atoms with E-state index in [1.165, 1.54) is 5.56 Å². The van der Waals surface area contributed by atoms with Gasteiger partial charge in [-0.25, -0.2) is 4.99 Å². The Kier molecular flexibility index (Phi) is 6.88. The molecular formula is C21H27IN6. The highest BCUT2D eigenvalue weighted by Gasteiger charge is 2.26. The quantitative estimate of drug-likeness (QED) is 0.346. The molecule has 3 aromatic rings. The molecule has 0 aliphatic carbocycles. The molecule has 7 heteroatoms. The average molecular weight is 490 g/mol. The van der Waals surface area contributed by atoms with Gasteiger partial charge in [0.2, 0.25) is 0 Å². The van der Waals surface area contributed by atoms with Crippen molar-refractivity contribution in [1.82, 2.24) is 25.0 Å². The number of hydrogen-bond donors (Lipinski definition) is 1. The Morgan fingerprint density at radius 1 is 1.29 bits per heavy atom. The van der Waals surface area contributed by atoms with Crippen LogP contribution in [0.2, 0.25) is 0 Å². The number of aryl methyl sites for hydroxylation is 1. The molecule has 28 heavy (non-hydrogen) atoms. The predicted octanol–water partition coefficient (Wildman–Crippen LogP) is 3.54. The van der Waals surface area contributed by atoms with E-state index in [9.17, 15) is 0 Å². The first-order valence-corrected chi connectivity index (χ1v) is 9.59. The van der Waals surface area contributed by atoms with E-state index >= 15 is 0 Å². The van der Waals surface area contributed by atoms with E-state index in [0.29, 0.717) is 12.5 Å². The minimum absolute atomic E-state index is 0. The van der Waals surface area contributed by atoms with Crippen molar-refractivity contribution in [3.05, 3.63) is 60.0 Å². The molecule has 1 aliphatic rings. The summed E-state index contributed by atoms with van der Waals surface area (Å²) in [5, 5.41) is 8.93. The maximum Gasteiger partial charge on any atom is 0.194 e. The normalized spacial score (nSPS) is 17.0. The number of para-hydroxylation sites is 1. The van der Waals surface area contributed by atoms with Crippen molar-refractivity contribution in [3.8, 4) is 0 Å². The topological polar surface area (TPSA) is 58.3 Å². The van der Waals surface area contributed by atoms with Gasteiger partial charge in [-0.2, -0.15) is 5.10 Å². The van der Waals surface area contributed by atoms with E-state index < -0.39 is 0 Å². The van der Waals surface area contributed by atoms with Crippen molar-refractivity contribution >= 4 is 40.8 Å². The van der Waals surface area contributed by atoms with Gasteiger partial charge in [0.25, 0.3) is 0 Å². The standard InChI is InChI=1S/C21H26N6.HI/c1-3-22-21(27-11-9-18(15-27)19-13-25-26(2)14-19)24-12-17-7-4-6-16-8-5-10-23-20(16)17;/h4-8,10,13-14,18H,3,9,11-12,15H2,1-2H3,(H,22,24);1H. The number of aliphatic imine (C=N–C) groups is 1. The molecule has 4 rings (SSSR count). The molecule has 1 aliphatic heterocycles. The van der Waals surface area contributed by atoms with Crippen LogP contribution in [0.1, 0.15) is 30.4 Å². The van der Waals surface area contributed by atoms with E-state index in [1.54, 1.807) is 0 Å². The summed E-state index contributed by atoms with van der Waals surface area (Å²) in [7, 11) is 1.97. The van der Waals surface area contributed by atoms with Gasteiger partial charge in [0, 0.05) is 50.4 Å². The Morgan fingerprint density at radius 3 is 2.93 bits per heavy atom. The third-order valence-electron chi connectivity index (χ3n) is 5.13. The lowest BCUT2D eigenvalue weighted by molar-refractivity contribution is 0.486. The summed E-state index contributed by atoms with van der Waals surface area (Å²) in [4.78, 5) is 11.8. The Morgan fingerprint density at radius 2 is 2.14 bits per heavy atom. The van der Waals surface area contributed by atoms with Gasteiger partial charge in [-0.15, -0.1) is 24.0 Å². The highest BCUT2D eigenvalue weighted by atomic mass is 127. The molecule has 1 atom stereocenters. The first-order chi connectivity index (χ1) is 13.2. The predicted molar refractivity (Wildman–Crippen MR) is 124 cm³/mol. The van der Waals surface area contributed by atoms with Crippen LogP contribution in [0.15, 0.2) is 53.9 Å². The van der Waals surface area contributed by atoms with Crippen molar-refractivity contribution < 1.29 is 0 Å². The minimum atomic E-state index is 0. The van der Waals surface area contributed by atoms with Crippen molar-refractivity contribution in [2.75, 3.05) is 19.6 Å². The first-order valence-electron chi connectivity index (χ1n) is 9.59.